The molecule has 0 saturated carbocycles. The summed E-state index contributed by atoms with van der Waals surface area (Å²) < 4.78 is 6.97. The van der Waals surface area contributed by atoms with Crippen LogP contribution >= 0.6 is 0 Å². The van der Waals surface area contributed by atoms with E-state index in [4.69, 9.17) is 4.52 Å². The minimum absolute atomic E-state index is 0.526. The van der Waals surface area contributed by atoms with Crippen molar-refractivity contribution in [2.24, 2.45) is 7.05 Å². The molecule has 0 aliphatic carbocycles. The fraction of sp³-hybridized carbons (Fsp3) is 0.500. The first kappa shape index (κ1) is 10.8. The lowest BCUT2D eigenvalue weighted by Crippen LogP contribution is -2.12. The van der Waals surface area contributed by atoms with Crippen molar-refractivity contribution in [2.75, 3.05) is 6.54 Å². The summed E-state index contributed by atoms with van der Waals surface area (Å²) in [7, 11) is 1.88. The van der Waals surface area contributed by atoms with Gasteiger partial charge in [-0.25, -0.2) is 0 Å². The normalized spacial score (nSPS) is 10.9. The van der Waals surface area contributed by atoms with Gasteiger partial charge in [-0.3, -0.25) is 4.68 Å². The van der Waals surface area contributed by atoms with Gasteiger partial charge in [0.1, 0.15) is 0 Å². The van der Waals surface area contributed by atoms with Crippen molar-refractivity contribution in [2.45, 2.75) is 20.4 Å². The first-order chi connectivity index (χ1) is 7.72. The Kier molecular flexibility index (Phi) is 3.00. The molecule has 0 spiro atoms. The number of rotatable bonds is 4. The van der Waals surface area contributed by atoms with Crippen molar-refractivity contribution in [3.8, 4) is 11.5 Å². The van der Waals surface area contributed by atoms with E-state index in [0.29, 0.717) is 18.3 Å². The summed E-state index contributed by atoms with van der Waals surface area (Å²) in [6.07, 6.45) is 1.74. The second-order valence-corrected chi connectivity index (χ2v) is 3.56. The number of hydrogen-bond donors (Lipinski definition) is 1. The summed E-state index contributed by atoms with van der Waals surface area (Å²) in [5, 5.41) is 11.2. The van der Waals surface area contributed by atoms with Crippen LogP contribution in [0.4, 0.5) is 0 Å². The van der Waals surface area contributed by atoms with Crippen molar-refractivity contribution >= 4 is 0 Å². The molecular formula is C10H15N5O. The van der Waals surface area contributed by atoms with Gasteiger partial charge in [0.25, 0.3) is 5.89 Å². The molecule has 0 amide bonds. The molecule has 0 unspecified atom stereocenters. The number of nitrogens with zero attached hydrogens (tertiary/aromatic N) is 4. The van der Waals surface area contributed by atoms with Gasteiger partial charge in [0.2, 0.25) is 0 Å². The highest BCUT2D eigenvalue weighted by molar-refractivity contribution is 5.54. The first-order valence-corrected chi connectivity index (χ1v) is 5.24. The maximum absolute atomic E-state index is 5.19. The van der Waals surface area contributed by atoms with Gasteiger partial charge in [-0.05, 0) is 13.5 Å². The van der Waals surface area contributed by atoms with Gasteiger partial charge in [0, 0.05) is 12.7 Å². The van der Waals surface area contributed by atoms with Crippen LogP contribution in [0.5, 0.6) is 0 Å². The van der Waals surface area contributed by atoms with E-state index in [1.54, 1.807) is 10.9 Å². The molecule has 0 aliphatic heterocycles. The molecule has 86 valence electrons. The fourth-order valence-corrected chi connectivity index (χ4v) is 1.38. The van der Waals surface area contributed by atoms with Crippen molar-refractivity contribution in [3.05, 3.63) is 17.7 Å². The summed E-state index contributed by atoms with van der Waals surface area (Å²) in [5.74, 6) is 1.19. The van der Waals surface area contributed by atoms with Crippen molar-refractivity contribution in [3.63, 3.8) is 0 Å². The van der Waals surface area contributed by atoms with E-state index >= 15 is 0 Å². The molecule has 2 heterocycles. The molecule has 1 N–H and O–H groups in total. The van der Waals surface area contributed by atoms with Crippen LogP contribution in [0, 0.1) is 6.92 Å². The van der Waals surface area contributed by atoms with Gasteiger partial charge in [-0.1, -0.05) is 12.1 Å². The Balaban J connectivity index is 2.21. The third kappa shape index (κ3) is 1.96. The van der Waals surface area contributed by atoms with Gasteiger partial charge in [-0.15, -0.1) is 0 Å². The standard InChI is InChI=1S/C10H15N5O/c1-4-11-6-9-13-10(16-14-9)8-5-12-15(3)7(8)2/h5,11H,4,6H2,1-3H3. The summed E-state index contributed by atoms with van der Waals surface area (Å²) in [5.41, 5.74) is 1.90. The zero-order chi connectivity index (χ0) is 11.5. The average Bonchev–Trinajstić information content (AvgIpc) is 2.85. The van der Waals surface area contributed by atoms with Crippen molar-refractivity contribution < 1.29 is 4.52 Å². The molecule has 0 atom stereocenters. The summed E-state index contributed by atoms with van der Waals surface area (Å²) >= 11 is 0. The molecule has 0 fully saturated rings. The van der Waals surface area contributed by atoms with Gasteiger partial charge >= 0.3 is 0 Å². The van der Waals surface area contributed by atoms with Crippen molar-refractivity contribution in [1.82, 2.24) is 25.2 Å². The van der Waals surface area contributed by atoms with Crippen LogP contribution in [0.25, 0.3) is 11.5 Å². The minimum atomic E-state index is 0.526. The fourth-order valence-electron chi connectivity index (χ4n) is 1.38. The molecule has 6 nitrogen and oxygen atoms in total. The Morgan fingerprint density at radius 2 is 2.31 bits per heavy atom. The highest BCUT2D eigenvalue weighted by atomic mass is 16.5. The predicted molar refractivity (Wildman–Crippen MR) is 58.6 cm³/mol. The van der Waals surface area contributed by atoms with E-state index in [9.17, 15) is 0 Å². The molecule has 2 aromatic heterocycles. The SMILES string of the molecule is CCNCc1noc(-c2cnn(C)c2C)n1. The second-order valence-electron chi connectivity index (χ2n) is 3.56. The van der Waals surface area contributed by atoms with E-state index in [1.807, 2.05) is 20.9 Å². The zero-order valence-electron chi connectivity index (χ0n) is 9.69. The van der Waals surface area contributed by atoms with Gasteiger partial charge in [-0.2, -0.15) is 10.1 Å². The molecule has 0 aliphatic rings. The molecular weight excluding hydrogens is 206 g/mol. The molecule has 0 saturated heterocycles. The van der Waals surface area contributed by atoms with Crippen LogP contribution in [0.3, 0.4) is 0 Å². The van der Waals surface area contributed by atoms with Crippen LogP contribution in [0.15, 0.2) is 10.7 Å². The quantitative estimate of drug-likeness (QED) is 0.830. The van der Waals surface area contributed by atoms with E-state index in [-0.39, 0.29) is 0 Å². The second kappa shape index (κ2) is 4.44. The van der Waals surface area contributed by atoms with Gasteiger partial charge in [0.05, 0.1) is 18.3 Å². The molecule has 6 heteroatoms. The maximum Gasteiger partial charge on any atom is 0.261 e. The topological polar surface area (TPSA) is 68.8 Å². The lowest BCUT2D eigenvalue weighted by molar-refractivity contribution is 0.419. The molecule has 16 heavy (non-hydrogen) atoms. The predicted octanol–water partition coefficient (Wildman–Crippen LogP) is 0.888. The van der Waals surface area contributed by atoms with Crippen LogP contribution in [0.1, 0.15) is 18.4 Å². The Morgan fingerprint density at radius 3 is 2.94 bits per heavy atom. The Hall–Kier alpha value is -1.69. The Bertz CT molecular complexity index is 473. The van der Waals surface area contributed by atoms with Crippen LogP contribution < -0.4 is 5.32 Å². The third-order valence-electron chi connectivity index (χ3n) is 2.47. The Labute approximate surface area is 93.7 Å². The van der Waals surface area contributed by atoms with E-state index in [1.165, 1.54) is 0 Å². The molecule has 0 bridgehead atoms. The van der Waals surface area contributed by atoms with Crippen LogP contribution in [-0.2, 0) is 13.6 Å². The number of aromatic nitrogens is 4. The largest absolute Gasteiger partial charge is 0.334 e. The summed E-state index contributed by atoms with van der Waals surface area (Å²) in [4.78, 5) is 4.30. The number of hydrogen-bond acceptors (Lipinski definition) is 5. The maximum atomic E-state index is 5.19. The third-order valence-corrected chi connectivity index (χ3v) is 2.47. The highest BCUT2D eigenvalue weighted by Gasteiger charge is 2.13. The molecule has 2 rings (SSSR count). The highest BCUT2D eigenvalue weighted by Crippen LogP contribution is 2.20. The van der Waals surface area contributed by atoms with E-state index < -0.39 is 0 Å². The zero-order valence-corrected chi connectivity index (χ0v) is 9.69. The lowest BCUT2D eigenvalue weighted by atomic mass is 10.2. The molecule has 0 radical (unpaired) electrons. The average molecular weight is 221 g/mol. The van der Waals surface area contributed by atoms with Gasteiger partial charge < -0.3 is 9.84 Å². The minimum Gasteiger partial charge on any atom is -0.334 e. The Morgan fingerprint density at radius 1 is 1.50 bits per heavy atom. The summed E-state index contributed by atoms with van der Waals surface area (Å²) in [6, 6.07) is 0. The monoisotopic (exact) mass is 221 g/mol. The van der Waals surface area contributed by atoms with Crippen LogP contribution in [0.2, 0.25) is 0 Å². The lowest BCUT2D eigenvalue weighted by Gasteiger charge is -1.94. The molecule has 0 aromatic carbocycles. The van der Waals surface area contributed by atoms with E-state index in [0.717, 1.165) is 17.8 Å². The number of nitrogens with one attached hydrogen (secondary N) is 1. The first-order valence-electron chi connectivity index (χ1n) is 5.24. The van der Waals surface area contributed by atoms with Crippen LogP contribution in [-0.4, -0.2) is 26.5 Å². The van der Waals surface area contributed by atoms with E-state index in [2.05, 4.69) is 20.6 Å². The van der Waals surface area contributed by atoms with Crippen molar-refractivity contribution in [1.29, 1.82) is 0 Å². The summed E-state index contributed by atoms with van der Waals surface area (Å²) in [6.45, 7) is 5.51. The van der Waals surface area contributed by atoms with Gasteiger partial charge in [0.15, 0.2) is 5.82 Å². The smallest absolute Gasteiger partial charge is 0.261 e. The molecule has 2 aromatic rings. The number of aryl methyl sites for hydroxylation is 1.